The van der Waals surface area contributed by atoms with Crippen LogP contribution in [0.25, 0.3) is 0 Å². The number of carboxylic acid groups (broad SMARTS) is 1. The first-order valence-electron chi connectivity index (χ1n) is 8.91. The standard InChI is InChI=1S/C19H24N2O4/c22-17(21-9-3-4-13(12-21)10-18(23)24)8-7-15-11-14-5-1-2-6-16(14)20-19(15)25/h1-2,5-6,13,15H,3-4,7-12H2,(H,20,25)(H,23,24). The number of benzene rings is 1. The normalized spacial score (nSPS) is 22.9. The van der Waals surface area contributed by atoms with Gasteiger partial charge in [0.05, 0.1) is 0 Å². The van der Waals surface area contributed by atoms with Crippen LogP contribution in [0, 0.1) is 11.8 Å². The smallest absolute Gasteiger partial charge is 0.303 e. The minimum absolute atomic E-state index is 0.0195. The van der Waals surface area contributed by atoms with Gasteiger partial charge in [0.25, 0.3) is 0 Å². The number of nitrogens with zero attached hydrogens (tertiary/aromatic N) is 1. The third-order valence-electron chi connectivity index (χ3n) is 5.15. The zero-order valence-electron chi connectivity index (χ0n) is 14.2. The van der Waals surface area contributed by atoms with Gasteiger partial charge in [-0.2, -0.15) is 0 Å². The van der Waals surface area contributed by atoms with Crippen molar-refractivity contribution in [2.75, 3.05) is 18.4 Å². The zero-order valence-corrected chi connectivity index (χ0v) is 14.2. The second-order valence-corrected chi connectivity index (χ2v) is 7.03. The van der Waals surface area contributed by atoms with Crippen molar-refractivity contribution in [3.8, 4) is 0 Å². The molecule has 2 heterocycles. The van der Waals surface area contributed by atoms with Crippen LogP contribution in [0.5, 0.6) is 0 Å². The highest BCUT2D eigenvalue weighted by molar-refractivity contribution is 5.96. The lowest BCUT2D eigenvalue weighted by Gasteiger charge is -2.32. The Morgan fingerprint density at radius 3 is 2.88 bits per heavy atom. The van der Waals surface area contributed by atoms with Gasteiger partial charge >= 0.3 is 5.97 Å². The lowest BCUT2D eigenvalue weighted by atomic mass is 9.89. The fourth-order valence-electron chi connectivity index (χ4n) is 3.81. The molecule has 6 nitrogen and oxygen atoms in total. The number of likely N-dealkylation sites (tertiary alicyclic amines) is 1. The summed E-state index contributed by atoms with van der Waals surface area (Å²) in [7, 11) is 0. The molecule has 6 heteroatoms. The molecule has 2 unspecified atom stereocenters. The number of hydrogen-bond acceptors (Lipinski definition) is 3. The Hall–Kier alpha value is -2.37. The molecule has 0 spiro atoms. The number of piperidine rings is 1. The van der Waals surface area contributed by atoms with Crippen LogP contribution in [-0.2, 0) is 20.8 Å². The molecule has 25 heavy (non-hydrogen) atoms. The van der Waals surface area contributed by atoms with E-state index in [2.05, 4.69) is 5.32 Å². The van der Waals surface area contributed by atoms with Gasteiger partial charge in [-0.25, -0.2) is 0 Å². The van der Waals surface area contributed by atoms with E-state index in [9.17, 15) is 14.4 Å². The number of anilines is 1. The number of hydrogen-bond donors (Lipinski definition) is 2. The Morgan fingerprint density at radius 2 is 2.08 bits per heavy atom. The number of carbonyl (C=O) groups is 3. The summed E-state index contributed by atoms with van der Waals surface area (Å²) in [5.41, 5.74) is 1.97. The summed E-state index contributed by atoms with van der Waals surface area (Å²) in [6.45, 7) is 1.21. The minimum atomic E-state index is -0.808. The summed E-state index contributed by atoms with van der Waals surface area (Å²) >= 11 is 0. The molecular weight excluding hydrogens is 320 g/mol. The summed E-state index contributed by atoms with van der Waals surface area (Å²) in [5, 5.41) is 11.8. The number of para-hydroxylation sites is 1. The maximum Gasteiger partial charge on any atom is 0.303 e. The SMILES string of the molecule is O=C(O)CC1CCCN(C(=O)CCC2Cc3ccccc3NC2=O)C1. The summed E-state index contributed by atoms with van der Waals surface area (Å²) < 4.78 is 0. The largest absolute Gasteiger partial charge is 0.481 e. The van der Waals surface area contributed by atoms with Crippen LogP contribution < -0.4 is 5.32 Å². The quantitative estimate of drug-likeness (QED) is 0.858. The Kier molecular flexibility index (Phi) is 5.36. The summed E-state index contributed by atoms with van der Waals surface area (Å²) in [6.07, 6.45) is 3.35. The number of fused-ring (bicyclic) bond motifs is 1. The molecule has 0 aromatic heterocycles. The van der Waals surface area contributed by atoms with Crippen LogP contribution >= 0.6 is 0 Å². The zero-order chi connectivity index (χ0) is 17.8. The van der Waals surface area contributed by atoms with Gasteiger partial charge in [0.15, 0.2) is 0 Å². The molecule has 2 aliphatic heterocycles. The van der Waals surface area contributed by atoms with Crippen molar-refractivity contribution in [1.82, 2.24) is 4.90 Å². The van der Waals surface area contributed by atoms with Crippen LogP contribution in [0.1, 0.15) is 37.7 Å². The number of rotatable bonds is 5. The number of carbonyl (C=O) groups excluding carboxylic acids is 2. The molecule has 2 amide bonds. The summed E-state index contributed by atoms with van der Waals surface area (Å²) in [5.74, 6) is -0.939. The first kappa shape index (κ1) is 17.5. The number of carboxylic acids is 1. The highest BCUT2D eigenvalue weighted by atomic mass is 16.4. The molecule has 1 saturated heterocycles. The van der Waals surface area contributed by atoms with Crippen molar-refractivity contribution in [2.45, 2.75) is 38.5 Å². The molecule has 1 aromatic carbocycles. The van der Waals surface area contributed by atoms with E-state index in [-0.39, 0.29) is 30.1 Å². The summed E-state index contributed by atoms with van der Waals surface area (Å²) in [4.78, 5) is 37.3. The van der Waals surface area contributed by atoms with Crippen molar-refractivity contribution < 1.29 is 19.5 Å². The highest BCUT2D eigenvalue weighted by Gasteiger charge is 2.29. The molecule has 0 radical (unpaired) electrons. The van der Waals surface area contributed by atoms with Crippen molar-refractivity contribution in [1.29, 1.82) is 0 Å². The number of aliphatic carboxylic acids is 1. The fraction of sp³-hybridized carbons (Fsp3) is 0.526. The molecule has 0 bridgehead atoms. The van der Waals surface area contributed by atoms with E-state index in [0.717, 1.165) is 24.1 Å². The van der Waals surface area contributed by atoms with Gasteiger partial charge in [-0.1, -0.05) is 18.2 Å². The molecule has 134 valence electrons. The Morgan fingerprint density at radius 1 is 1.28 bits per heavy atom. The molecule has 2 atom stereocenters. The first-order chi connectivity index (χ1) is 12.0. The highest BCUT2D eigenvalue weighted by Crippen LogP contribution is 2.28. The number of amides is 2. The molecule has 0 aliphatic carbocycles. The van der Waals surface area contributed by atoms with E-state index >= 15 is 0 Å². The topological polar surface area (TPSA) is 86.7 Å². The molecule has 2 aliphatic rings. The maximum absolute atomic E-state index is 12.5. The van der Waals surface area contributed by atoms with Crippen molar-refractivity contribution in [3.05, 3.63) is 29.8 Å². The average molecular weight is 344 g/mol. The van der Waals surface area contributed by atoms with Gasteiger partial charge in [-0.15, -0.1) is 0 Å². The Bertz CT molecular complexity index is 673. The number of nitrogens with one attached hydrogen (secondary N) is 1. The first-order valence-corrected chi connectivity index (χ1v) is 8.91. The van der Waals surface area contributed by atoms with E-state index in [1.165, 1.54) is 0 Å². The lowest BCUT2D eigenvalue weighted by Crippen LogP contribution is -2.41. The van der Waals surface area contributed by atoms with Crippen LogP contribution in [0.4, 0.5) is 5.69 Å². The van der Waals surface area contributed by atoms with Crippen molar-refractivity contribution >= 4 is 23.5 Å². The van der Waals surface area contributed by atoms with Crippen LogP contribution in [0.3, 0.4) is 0 Å². The predicted molar refractivity (Wildman–Crippen MR) is 93.1 cm³/mol. The summed E-state index contributed by atoms with van der Waals surface area (Å²) in [6, 6.07) is 7.75. The van der Waals surface area contributed by atoms with E-state index in [0.29, 0.717) is 32.4 Å². The van der Waals surface area contributed by atoms with Crippen LogP contribution in [0.2, 0.25) is 0 Å². The minimum Gasteiger partial charge on any atom is -0.481 e. The Labute approximate surface area is 147 Å². The second-order valence-electron chi connectivity index (χ2n) is 7.03. The van der Waals surface area contributed by atoms with Gasteiger partial charge in [0.2, 0.25) is 11.8 Å². The molecule has 1 aromatic rings. The Balaban J connectivity index is 1.52. The predicted octanol–water partition coefficient (Wildman–Crippen LogP) is 2.29. The van der Waals surface area contributed by atoms with E-state index in [1.54, 1.807) is 4.90 Å². The fourth-order valence-corrected chi connectivity index (χ4v) is 3.81. The van der Waals surface area contributed by atoms with Crippen molar-refractivity contribution in [2.24, 2.45) is 11.8 Å². The van der Waals surface area contributed by atoms with E-state index < -0.39 is 5.97 Å². The van der Waals surface area contributed by atoms with Gasteiger partial charge < -0.3 is 15.3 Å². The molecule has 3 rings (SSSR count). The average Bonchev–Trinajstić information content (AvgIpc) is 2.59. The van der Waals surface area contributed by atoms with Crippen molar-refractivity contribution in [3.63, 3.8) is 0 Å². The third-order valence-corrected chi connectivity index (χ3v) is 5.15. The van der Waals surface area contributed by atoms with Gasteiger partial charge in [0.1, 0.15) is 0 Å². The molecule has 0 saturated carbocycles. The van der Waals surface area contributed by atoms with Gasteiger partial charge in [-0.05, 0) is 43.2 Å². The van der Waals surface area contributed by atoms with Crippen LogP contribution in [-0.4, -0.2) is 40.9 Å². The van der Waals surface area contributed by atoms with E-state index in [1.807, 2.05) is 24.3 Å². The molecular formula is C19H24N2O4. The van der Waals surface area contributed by atoms with Gasteiger partial charge in [-0.3, -0.25) is 14.4 Å². The lowest BCUT2D eigenvalue weighted by molar-refractivity contribution is -0.141. The second kappa shape index (κ2) is 7.68. The monoisotopic (exact) mass is 344 g/mol. The van der Waals surface area contributed by atoms with Gasteiger partial charge in [0, 0.05) is 37.5 Å². The third kappa shape index (κ3) is 4.38. The van der Waals surface area contributed by atoms with E-state index in [4.69, 9.17) is 5.11 Å². The molecule has 1 fully saturated rings. The molecule has 2 N–H and O–H groups in total. The van der Waals surface area contributed by atoms with Crippen LogP contribution in [0.15, 0.2) is 24.3 Å². The maximum atomic E-state index is 12.5.